The fourth-order valence-corrected chi connectivity index (χ4v) is 13.7. The van der Waals surface area contributed by atoms with E-state index in [1.54, 1.807) is 12.5 Å². The van der Waals surface area contributed by atoms with Gasteiger partial charge >= 0.3 is 0 Å². The topological polar surface area (TPSA) is 63.9 Å². The molecule has 5 nitrogen and oxygen atoms in total. The summed E-state index contributed by atoms with van der Waals surface area (Å²) in [6.07, 6.45) is 18.0. The molecular formula is C117H139N5. The van der Waals surface area contributed by atoms with Gasteiger partial charge in [0.2, 0.25) is 0 Å². The van der Waals surface area contributed by atoms with Crippen molar-refractivity contribution in [3.8, 4) is 44.6 Å². The number of pyridine rings is 2. The molecule has 2 aliphatic carbocycles. The Kier molecular flexibility index (Phi) is 34.0. The van der Waals surface area contributed by atoms with E-state index in [0.717, 1.165) is 24.2 Å². The van der Waals surface area contributed by atoms with Gasteiger partial charge in [-0.2, -0.15) is 0 Å². The van der Waals surface area contributed by atoms with Crippen LogP contribution in [0.2, 0.25) is 0 Å². The Morgan fingerprint density at radius 1 is 0.287 bits per heavy atom. The van der Waals surface area contributed by atoms with Crippen LogP contribution in [-0.2, 0) is 21.7 Å². The third kappa shape index (κ3) is 30.3. The molecule has 0 saturated carbocycles. The lowest BCUT2D eigenvalue weighted by Gasteiger charge is -2.30. The van der Waals surface area contributed by atoms with Crippen LogP contribution in [0.4, 0.5) is 0 Å². The van der Waals surface area contributed by atoms with Crippen LogP contribution in [0, 0.1) is 28.6 Å². The van der Waals surface area contributed by atoms with E-state index in [-0.39, 0.29) is 16.2 Å². The Hall–Kier alpha value is -11.5. The summed E-state index contributed by atoms with van der Waals surface area (Å²) in [5.41, 5.74) is 23.2. The maximum Gasteiger partial charge on any atom is 0.116 e. The first-order valence-electron chi connectivity index (χ1n) is 43.5. The van der Waals surface area contributed by atoms with E-state index < -0.39 is 0 Å². The molecule has 0 radical (unpaired) electrons. The van der Waals surface area contributed by atoms with Crippen molar-refractivity contribution < 1.29 is 0 Å². The predicted octanol–water partition coefficient (Wildman–Crippen LogP) is 33.4. The highest BCUT2D eigenvalue weighted by Gasteiger charge is 2.51. The molecule has 122 heavy (non-hydrogen) atoms. The lowest BCUT2D eigenvalue weighted by molar-refractivity contribution is 0.469. The van der Waals surface area contributed by atoms with Crippen LogP contribution < -0.4 is 0 Å². The monoisotopic (exact) mass is 1610 g/mol. The van der Waals surface area contributed by atoms with Crippen molar-refractivity contribution in [2.75, 3.05) is 6.54 Å². The summed E-state index contributed by atoms with van der Waals surface area (Å²) < 4.78 is 0. The average Bonchev–Trinajstić information content (AvgIpc) is 1.51. The number of aliphatic imine (C=N–C) groups is 1. The molecule has 3 aliphatic rings. The zero-order valence-corrected chi connectivity index (χ0v) is 78.6. The second-order valence-electron chi connectivity index (χ2n) is 41.2. The van der Waals surface area contributed by atoms with Crippen LogP contribution in [0.5, 0.6) is 0 Å². The normalized spacial score (nSPS) is 13.2. The molecule has 3 aromatic heterocycles. The van der Waals surface area contributed by atoms with Crippen molar-refractivity contribution in [3.05, 3.63) is 385 Å². The molecule has 5 heteroatoms. The van der Waals surface area contributed by atoms with E-state index in [2.05, 4.69) is 472 Å². The lowest BCUT2D eigenvalue weighted by Crippen LogP contribution is -2.26. The van der Waals surface area contributed by atoms with Crippen molar-refractivity contribution in [1.82, 2.24) is 19.9 Å². The molecule has 18 rings (SSSR count). The quantitative estimate of drug-likeness (QED) is 0.173. The zero-order valence-electron chi connectivity index (χ0n) is 78.6. The van der Waals surface area contributed by atoms with Gasteiger partial charge in [0.1, 0.15) is 6.33 Å². The number of aryl methyl sites for hydroxylation is 1. The highest BCUT2D eigenvalue weighted by Crippen LogP contribution is 2.63. The van der Waals surface area contributed by atoms with E-state index in [4.69, 9.17) is 0 Å². The minimum atomic E-state index is -0.253. The third-order valence-corrected chi connectivity index (χ3v) is 19.0. The molecule has 0 amide bonds. The highest BCUT2D eigenvalue weighted by atomic mass is 14.8. The number of hydrogen-bond acceptors (Lipinski definition) is 5. The second kappa shape index (κ2) is 43.3. The minimum Gasteiger partial charge on any atom is -0.293 e. The number of fused-ring (bicyclic) bond motifs is 14. The molecule has 15 aromatic rings. The van der Waals surface area contributed by atoms with Crippen molar-refractivity contribution in [1.29, 1.82) is 0 Å². The van der Waals surface area contributed by atoms with Gasteiger partial charge in [-0.1, -0.05) is 440 Å². The first-order valence-corrected chi connectivity index (χ1v) is 43.5. The first-order chi connectivity index (χ1) is 57.4. The van der Waals surface area contributed by atoms with Crippen LogP contribution in [0.1, 0.15) is 224 Å². The number of benzene rings is 12. The summed E-state index contributed by atoms with van der Waals surface area (Å²) in [5.74, 6) is 0. The van der Waals surface area contributed by atoms with Gasteiger partial charge in [0, 0.05) is 54.9 Å². The number of nitrogens with zero attached hydrogens (tertiary/aromatic N) is 5. The van der Waals surface area contributed by atoms with E-state index in [0.29, 0.717) is 27.1 Å². The number of aromatic nitrogens is 4. The number of allylic oxidation sites excluding steroid dienone is 1. The summed E-state index contributed by atoms with van der Waals surface area (Å²) in [5, 5.41) is 10.4. The largest absolute Gasteiger partial charge is 0.293 e. The van der Waals surface area contributed by atoms with Crippen LogP contribution in [0.15, 0.2) is 346 Å². The third-order valence-electron chi connectivity index (χ3n) is 19.0. The SMILES string of the molecule is C1=CCCN=C1.CC(C)(C)C.CC(C)(C)C.CC(C)(C)C.CC(C)(C)C.CC(C)(C)c1ccc2c(c1)-c1ccccc1C21c2ccccc2-c2cnccc21.CC(C)(C)c1cccc2ccccc12.CC(C)(C)c1ccccc1.Cc1ccc2ccccc2c1.c1ccc2cc(-c3ccncc3)ccc2c1.c1ccc2cc(-c3ccncn3)ccc2c1. The van der Waals surface area contributed by atoms with Gasteiger partial charge in [-0.05, 0) is 204 Å². The van der Waals surface area contributed by atoms with E-state index >= 15 is 0 Å². The Bertz CT molecular complexity index is 5550. The Morgan fingerprint density at radius 2 is 0.713 bits per heavy atom. The minimum absolute atomic E-state index is 0.120. The lowest BCUT2D eigenvalue weighted by atomic mass is 9.70. The van der Waals surface area contributed by atoms with Gasteiger partial charge in [0.15, 0.2) is 0 Å². The summed E-state index contributed by atoms with van der Waals surface area (Å²) in [4.78, 5) is 20.6. The molecule has 12 aromatic carbocycles. The molecule has 1 unspecified atom stereocenters. The number of dihydropyridines is 1. The first kappa shape index (κ1) is 95.9. The second-order valence-corrected chi connectivity index (χ2v) is 41.2. The van der Waals surface area contributed by atoms with Gasteiger partial charge in [-0.3, -0.25) is 15.0 Å². The van der Waals surface area contributed by atoms with Crippen molar-refractivity contribution >= 4 is 49.3 Å². The maximum atomic E-state index is 4.47. The van der Waals surface area contributed by atoms with E-state index in [9.17, 15) is 0 Å². The Labute approximate surface area is 735 Å². The summed E-state index contributed by atoms with van der Waals surface area (Å²) in [6.45, 7) is 58.4. The van der Waals surface area contributed by atoms with Crippen LogP contribution >= 0.6 is 0 Å². The summed E-state index contributed by atoms with van der Waals surface area (Å²) in [7, 11) is 0. The zero-order chi connectivity index (χ0) is 89.1. The molecule has 1 aliphatic heterocycles. The van der Waals surface area contributed by atoms with Gasteiger partial charge in [0.25, 0.3) is 0 Å². The van der Waals surface area contributed by atoms with Gasteiger partial charge in [-0.15, -0.1) is 0 Å². The fraction of sp³-hybridized carbons (Fsp3) is 0.308. The van der Waals surface area contributed by atoms with Gasteiger partial charge < -0.3 is 0 Å². The standard InChI is InChI=1S/C28H23N.C15H11N.C14H10N2.C14H16.C11H10.C10H14.C5H7N.4C5H12/c1-27(2,3)18-12-13-25-21(16-18)19-8-4-6-10-23(19)28(25)24-11-7-5-9-20(24)22-17-29-15-14-26(22)28;1-2-4-14-11-15(6-5-12(14)3-1)13-7-9-16-10-8-13;1-2-4-12-9-13(6-5-11(12)3-1)14-7-8-15-10-16-14;1-14(2,3)13-10-6-8-11-7-4-5-9-12(11)13;1-9-6-7-10-4-2-3-5-11(10)8-9;1-10(2,3)9-7-5-4-6-8-9;1-2-4-6-5-3-1;4*1-5(2,3)4/h4-17H,1-3H3;1-11H;1-10H;4-10H,1-3H3;2-8H,1H3;4-8H,1-3H3;1-2,4H,3,5H2;4*1-4H3. The molecule has 4 heterocycles. The molecule has 0 N–H and O–H groups in total. The Balaban J connectivity index is 0.000000176. The van der Waals surface area contributed by atoms with Gasteiger partial charge in [0.05, 0.1) is 11.1 Å². The van der Waals surface area contributed by atoms with Crippen LogP contribution in [-0.4, -0.2) is 32.7 Å². The highest BCUT2D eigenvalue weighted by molar-refractivity contribution is 5.95. The summed E-state index contributed by atoms with van der Waals surface area (Å²) in [6, 6.07) is 103. The predicted molar refractivity (Wildman–Crippen MR) is 535 cm³/mol. The van der Waals surface area contributed by atoms with Crippen molar-refractivity contribution in [2.45, 2.75) is 208 Å². The van der Waals surface area contributed by atoms with E-state index in [1.807, 2.05) is 67.4 Å². The average molecular weight is 1620 g/mol. The number of hydrogen-bond donors (Lipinski definition) is 0. The molecule has 1 spiro atoms. The van der Waals surface area contributed by atoms with Crippen LogP contribution in [0.3, 0.4) is 0 Å². The van der Waals surface area contributed by atoms with Crippen molar-refractivity contribution in [3.63, 3.8) is 0 Å². The summed E-state index contributed by atoms with van der Waals surface area (Å²) >= 11 is 0. The maximum absolute atomic E-state index is 4.47. The number of rotatable bonds is 2. The Morgan fingerprint density at radius 3 is 1.19 bits per heavy atom. The molecular weight excluding hydrogens is 1480 g/mol. The fourth-order valence-electron chi connectivity index (χ4n) is 13.7. The molecule has 0 fully saturated rings. The van der Waals surface area contributed by atoms with Crippen LogP contribution in [0.25, 0.3) is 87.7 Å². The van der Waals surface area contributed by atoms with Gasteiger partial charge in [-0.25, -0.2) is 9.97 Å². The molecule has 0 saturated heterocycles. The molecule has 1 atom stereocenters. The molecule has 0 bridgehead atoms. The van der Waals surface area contributed by atoms with E-state index in [1.165, 1.54) is 121 Å². The molecule has 632 valence electrons. The smallest absolute Gasteiger partial charge is 0.116 e. The van der Waals surface area contributed by atoms with Crippen molar-refractivity contribution in [2.24, 2.45) is 26.7 Å².